The molecule has 0 saturated carbocycles. The molecular weight excluding hydrogens is 196 g/mol. The average Bonchev–Trinajstić information content (AvgIpc) is 2.18. The molecule has 0 radical (unpaired) electrons. The zero-order chi connectivity index (χ0) is 11.9. The van der Waals surface area contributed by atoms with E-state index >= 15 is 0 Å². The van der Waals surface area contributed by atoms with Gasteiger partial charge in [-0.25, -0.2) is 4.79 Å². The third kappa shape index (κ3) is 2.47. The molecule has 1 heterocycles. The van der Waals surface area contributed by atoms with Crippen molar-refractivity contribution in [2.24, 2.45) is 0 Å². The number of imide groups is 1. The molecule has 0 bridgehead atoms. The Kier molecular flexibility index (Phi) is 2.78. The summed E-state index contributed by atoms with van der Waals surface area (Å²) in [6, 6.07) is -0.380. The van der Waals surface area contributed by atoms with Crippen LogP contribution in [-0.2, 0) is 4.79 Å². The molecule has 0 aromatic heterocycles. The third-order valence-corrected chi connectivity index (χ3v) is 2.64. The largest absolute Gasteiger partial charge is 0.390 e. The van der Waals surface area contributed by atoms with E-state index in [2.05, 4.69) is 5.32 Å². The Morgan fingerprint density at radius 1 is 1.40 bits per heavy atom. The van der Waals surface area contributed by atoms with E-state index in [1.807, 2.05) is 0 Å². The molecule has 5 heteroatoms. The van der Waals surface area contributed by atoms with E-state index in [4.69, 9.17) is 0 Å². The SMILES string of the molecule is CC(C)(O)CCN1C(=O)NC(=O)C1(C)C. The van der Waals surface area contributed by atoms with Crippen LogP contribution >= 0.6 is 0 Å². The van der Waals surface area contributed by atoms with E-state index < -0.39 is 11.1 Å². The number of amides is 3. The maximum atomic E-state index is 11.4. The number of nitrogens with zero attached hydrogens (tertiary/aromatic N) is 1. The quantitative estimate of drug-likeness (QED) is 0.671. The number of hydrogen-bond acceptors (Lipinski definition) is 3. The fourth-order valence-corrected chi connectivity index (χ4v) is 1.46. The van der Waals surface area contributed by atoms with Crippen molar-refractivity contribution >= 4 is 11.9 Å². The molecule has 5 nitrogen and oxygen atoms in total. The van der Waals surface area contributed by atoms with Gasteiger partial charge in [0.2, 0.25) is 0 Å². The van der Waals surface area contributed by atoms with E-state index in [9.17, 15) is 14.7 Å². The summed E-state index contributed by atoms with van der Waals surface area (Å²) in [6.45, 7) is 7.11. The summed E-state index contributed by atoms with van der Waals surface area (Å²) < 4.78 is 0. The van der Waals surface area contributed by atoms with Gasteiger partial charge in [-0.3, -0.25) is 10.1 Å². The van der Waals surface area contributed by atoms with Crippen LogP contribution in [-0.4, -0.2) is 39.6 Å². The van der Waals surface area contributed by atoms with Gasteiger partial charge in [0.05, 0.1) is 5.60 Å². The predicted octanol–water partition coefficient (Wildman–Crippen LogP) is 0.478. The lowest BCUT2D eigenvalue weighted by molar-refractivity contribution is -0.125. The first-order chi connectivity index (χ1) is 6.64. The summed E-state index contributed by atoms with van der Waals surface area (Å²) in [4.78, 5) is 24.3. The van der Waals surface area contributed by atoms with Crippen LogP contribution in [0.4, 0.5) is 4.79 Å². The lowest BCUT2D eigenvalue weighted by Gasteiger charge is -2.30. The lowest BCUT2D eigenvalue weighted by Crippen LogP contribution is -2.46. The summed E-state index contributed by atoms with van der Waals surface area (Å²) in [5.41, 5.74) is -1.65. The van der Waals surface area contributed by atoms with Gasteiger partial charge in [0.1, 0.15) is 5.54 Å². The Hall–Kier alpha value is -1.10. The van der Waals surface area contributed by atoms with Crippen molar-refractivity contribution in [2.45, 2.75) is 45.3 Å². The molecular formula is C10H18N2O3. The molecule has 1 saturated heterocycles. The minimum Gasteiger partial charge on any atom is -0.390 e. The normalized spacial score (nSPS) is 20.7. The van der Waals surface area contributed by atoms with Gasteiger partial charge in [0, 0.05) is 6.54 Å². The highest BCUT2D eigenvalue weighted by molar-refractivity contribution is 6.06. The van der Waals surface area contributed by atoms with Gasteiger partial charge in [0.15, 0.2) is 0 Å². The molecule has 0 aliphatic carbocycles. The maximum Gasteiger partial charge on any atom is 0.324 e. The fourth-order valence-electron chi connectivity index (χ4n) is 1.46. The molecule has 0 atom stereocenters. The average molecular weight is 214 g/mol. The number of urea groups is 1. The highest BCUT2D eigenvalue weighted by Crippen LogP contribution is 2.22. The standard InChI is InChI=1S/C10H18N2O3/c1-9(2,15)5-6-12-8(14)11-7(13)10(12,3)4/h15H,5-6H2,1-4H3,(H,11,13,14). The van der Waals surface area contributed by atoms with E-state index in [1.54, 1.807) is 27.7 Å². The summed E-state index contributed by atoms with van der Waals surface area (Å²) in [7, 11) is 0. The van der Waals surface area contributed by atoms with Crippen molar-refractivity contribution in [3.63, 3.8) is 0 Å². The number of rotatable bonds is 3. The predicted molar refractivity (Wildman–Crippen MR) is 55.2 cm³/mol. The summed E-state index contributed by atoms with van der Waals surface area (Å²) in [5, 5.41) is 11.8. The second kappa shape index (κ2) is 3.48. The van der Waals surface area contributed by atoms with Gasteiger partial charge < -0.3 is 10.0 Å². The van der Waals surface area contributed by atoms with Crippen LogP contribution in [0.1, 0.15) is 34.1 Å². The van der Waals surface area contributed by atoms with Crippen LogP contribution in [0.25, 0.3) is 0 Å². The van der Waals surface area contributed by atoms with Crippen LogP contribution in [0.2, 0.25) is 0 Å². The molecule has 1 rings (SSSR count). The summed E-state index contributed by atoms with van der Waals surface area (Å²) in [6.07, 6.45) is 0.442. The van der Waals surface area contributed by atoms with Gasteiger partial charge in [-0.1, -0.05) is 0 Å². The highest BCUT2D eigenvalue weighted by atomic mass is 16.3. The second-order valence-corrected chi connectivity index (χ2v) is 5.03. The number of carbonyl (C=O) groups excluding carboxylic acids is 2. The molecule has 1 aliphatic rings. The lowest BCUT2D eigenvalue weighted by atomic mass is 10.0. The van der Waals surface area contributed by atoms with Crippen LogP contribution in [0.5, 0.6) is 0 Å². The molecule has 1 aliphatic heterocycles. The number of hydrogen-bond donors (Lipinski definition) is 2. The van der Waals surface area contributed by atoms with Crippen LogP contribution in [0.3, 0.4) is 0 Å². The molecule has 0 unspecified atom stereocenters. The smallest absolute Gasteiger partial charge is 0.324 e. The van der Waals surface area contributed by atoms with Crippen molar-refractivity contribution in [2.75, 3.05) is 6.54 Å². The molecule has 0 spiro atoms. The van der Waals surface area contributed by atoms with Gasteiger partial charge in [-0.2, -0.15) is 0 Å². The maximum absolute atomic E-state index is 11.4. The van der Waals surface area contributed by atoms with E-state index in [0.717, 1.165) is 0 Å². The van der Waals surface area contributed by atoms with Crippen molar-refractivity contribution in [1.29, 1.82) is 0 Å². The molecule has 1 fully saturated rings. The molecule has 86 valence electrons. The minimum absolute atomic E-state index is 0.289. The van der Waals surface area contributed by atoms with E-state index in [-0.39, 0.29) is 11.9 Å². The van der Waals surface area contributed by atoms with Crippen molar-refractivity contribution in [3.05, 3.63) is 0 Å². The number of carbonyl (C=O) groups is 2. The zero-order valence-corrected chi connectivity index (χ0v) is 9.63. The first-order valence-corrected chi connectivity index (χ1v) is 5.00. The molecule has 0 aromatic carbocycles. The highest BCUT2D eigenvalue weighted by Gasteiger charge is 2.45. The third-order valence-electron chi connectivity index (χ3n) is 2.64. The number of aliphatic hydroxyl groups is 1. The number of nitrogens with one attached hydrogen (secondary N) is 1. The van der Waals surface area contributed by atoms with Gasteiger partial charge in [-0.05, 0) is 34.1 Å². The first-order valence-electron chi connectivity index (χ1n) is 5.00. The Bertz CT molecular complexity index is 292. The molecule has 0 aromatic rings. The Morgan fingerprint density at radius 2 is 1.93 bits per heavy atom. The zero-order valence-electron chi connectivity index (χ0n) is 9.63. The van der Waals surface area contributed by atoms with Crippen LogP contribution in [0.15, 0.2) is 0 Å². The van der Waals surface area contributed by atoms with E-state index in [1.165, 1.54) is 4.90 Å². The van der Waals surface area contributed by atoms with Gasteiger partial charge in [0.25, 0.3) is 5.91 Å². The second-order valence-electron chi connectivity index (χ2n) is 5.03. The van der Waals surface area contributed by atoms with Gasteiger partial charge >= 0.3 is 6.03 Å². The summed E-state index contributed by atoms with van der Waals surface area (Å²) in [5.74, 6) is -0.289. The van der Waals surface area contributed by atoms with Crippen LogP contribution < -0.4 is 5.32 Å². The van der Waals surface area contributed by atoms with Crippen molar-refractivity contribution < 1.29 is 14.7 Å². The van der Waals surface area contributed by atoms with E-state index in [0.29, 0.717) is 13.0 Å². The fraction of sp³-hybridized carbons (Fsp3) is 0.800. The van der Waals surface area contributed by atoms with Crippen molar-refractivity contribution in [1.82, 2.24) is 10.2 Å². The Balaban J connectivity index is 2.69. The molecule has 2 N–H and O–H groups in total. The van der Waals surface area contributed by atoms with Crippen molar-refractivity contribution in [3.8, 4) is 0 Å². The minimum atomic E-state index is -0.831. The monoisotopic (exact) mass is 214 g/mol. The summed E-state index contributed by atoms with van der Waals surface area (Å²) >= 11 is 0. The van der Waals surface area contributed by atoms with Gasteiger partial charge in [-0.15, -0.1) is 0 Å². The first kappa shape index (κ1) is 12.0. The molecule has 3 amide bonds. The topological polar surface area (TPSA) is 69.6 Å². The Labute approximate surface area is 89.4 Å². The Morgan fingerprint density at radius 3 is 2.27 bits per heavy atom. The van der Waals surface area contributed by atoms with Crippen LogP contribution in [0, 0.1) is 0 Å². The molecule has 15 heavy (non-hydrogen) atoms.